The lowest BCUT2D eigenvalue weighted by molar-refractivity contribution is 0.0526. The number of benzene rings is 1. The Balaban J connectivity index is 1.95. The van der Waals surface area contributed by atoms with Crippen LogP contribution >= 0.6 is 11.3 Å². The van der Waals surface area contributed by atoms with Gasteiger partial charge in [0.25, 0.3) is 0 Å². The highest BCUT2D eigenvalue weighted by molar-refractivity contribution is 7.16. The largest absolute Gasteiger partial charge is 0.497 e. The molecule has 0 spiro atoms. The van der Waals surface area contributed by atoms with Crippen molar-refractivity contribution in [1.29, 1.82) is 0 Å². The van der Waals surface area contributed by atoms with Gasteiger partial charge < -0.3 is 9.47 Å². The van der Waals surface area contributed by atoms with Gasteiger partial charge in [-0.05, 0) is 55.9 Å². The van der Waals surface area contributed by atoms with Crippen molar-refractivity contribution in [3.63, 3.8) is 0 Å². The highest BCUT2D eigenvalue weighted by Gasteiger charge is 2.25. The fraction of sp³-hybridized carbons (Fsp3) is 0.368. The molecular formula is C19H21NO3S. The van der Waals surface area contributed by atoms with E-state index in [1.54, 1.807) is 24.7 Å². The van der Waals surface area contributed by atoms with E-state index in [-0.39, 0.29) is 5.97 Å². The van der Waals surface area contributed by atoms with Gasteiger partial charge in [0.05, 0.1) is 19.3 Å². The second kappa shape index (κ2) is 7.62. The second-order valence-electron chi connectivity index (χ2n) is 5.65. The van der Waals surface area contributed by atoms with E-state index in [1.165, 1.54) is 11.3 Å². The minimum Gasteiger partial charge on any atom is -0.497 e. The topological polar surface area (TPSA) is 47.9 Å². The molecule has 0 fully saturated rings. The van der Waals surface area contributed by atoms with E-state index in [0.29, 0.717) is 12.2 Å². The van der Waals surface area contributed by atoms with Crippen molar-refractivity contribution < 1.29 is 14.3 Å². The lowest BCUT2D eigenvalue weighted by Crippen LogP contribution is -2.09. The Labute approximate surface area is 146 Å². The number of thiophene rings is 1. The zero-order valence-electron chi connectivity index (χ0n) is 14.0. The van der Waals surface area contributed by atoms with Crippen molar-refractivity contribution in [1.82, 2.24) is 0 Å². The van der Waals surface area contributed by atoms with Gasteiger partial charge in [-0.25, -0.2) is 9.79 Å². The maximum absolute atomic E-state index is 12.4. The Morgan fingerprint density at radius 3 is 2.96 bits per heavy atom. The molecule has 3 rings (SSSR count). The van der Waals surface area contributed by atoms with Crippen molar-refractivity contribution >= 4 is 28.5 Å². The van der Waals surface area contributed by atoms with E-state index < -0.39 is 0 Å². The number of nitrogens with zero attached hydrogens (tertiary/aromatic N) is 1. The van der Waals surface area contributed by atoms with Gasteiger partial charge in [-0.15, -0.1) is 11.3 Å². The molecule has 0 saturated heterocycles. The van der Waals surface area contributed by atoms with Crippen molar-refractivity contribution in [2.45, 2.75) is 32.6 Å². The quantitative estimate of drug-likeness (QED) is 0.590. The number of carbonyl (C=O) groups is 1. The summed E-state index contributed by atoms with van der Waals surface area (Å²) in [5.41, 5.74) is 2.74. The van der Waals surface area contributed by atoms with Crippen LogP contribution in [0.2, 0.25) is 0 Å². The monoisotopic (exact) mass is 343 g/mol. The highest BCUT2D eigenvalue weighted by Crippen LogP contribution is 2.40. The summed E-state index contributed by atoms with van der Waals surface area (Å²) in [5, 5.41) is 0.753. The summed E-state index contributed by atoms with van der Waals surface area (Å²) in [6, 6.07) is 7.70. The summed E-state index contributed by atoms with van der Waals surface area (Å²) in [6.07, 6.45) is 6.04. The first-order valence-electron chi connectivity index (χ1n) is 8.22. The van der Waals surface area contributed by atoms with Crippen molar-refractivity contribution in [3.05, 3.63) is 45.8 Å². The fourth-order valence-electron chi connectivity index (χ4n) is 2.91. The van der Waals surface area contributed by atoms with Gasteiger partial charge in [-0.3, -0.25) is 0 Å². The summed E-state index contributed by atoms with van der Waals surface area (Å²) < 4.78 is 10.5. The predicted molar refractivity (Wildman–Crippen MR) is 97.2 cm³/mol. The molecule has 0 amide bonds. The number of esters is 1. The summed E-state index contributed by atoms with van der Waals surface area (Å²) in [7, 11) is 1.64. The molecule has 2 aromatic rings. The molecule has 0 bridgehead atoms. The van der Waals surface area contributed by atoms with Crippen LogP contribution in [0.25, 0.3) is 0 Å². The number of aliphatic imine (C=N–C) groups is 1. The van der Waals surface area contributed by atoms with Gasteiger partial charge in [0.15, 0.2) is 0 Å². The van der Waals surface area contributed by atoms with E-state index in [1.807, 2.05) is 31.2 Å². The lowest BCUT2D eigenvalue weighted by Gasteiger charge is -2.11. The van der Waals surface area contributed by atoms with Crippen molar-refractivity contribution in [3.8, 4) is 5.75 Å². The molecule has 1 aromatic carbocycles. The van der Waals surface area contributed by atoms with Crippen LogP contribution in [0, 0.1) is 0 Å². The van der Waals surface area contributed by atoms with Gasteiger partial charge in [-0.2, -0.15) is 0 Å². The van der Waals surface area contributed by atoms with Crippen LogP contribution in [-0.2, 0) is 17.6 Å². The molecule has 126 valence electrons. The van der Waals surface area contributed by atoms with Gasteiger partial charge >= 0.3 is 5.97 Å². The number of fused-ring (bicyclic) bond motifs is 1. The number of rotatable bonds is 5. The number of hydrogen-bond acceptors (Lipinski definition) is 5. The molecule has 0 saturated carbocycles. The van der Waals surface area contributed by atoms with Gasteiger partial charge in [0.2, 0.25) is 0 Å². The standard InChI is InChI=1S/C19H21NO3S/c1-3-23-19(21)17-15-9-4-5-10-16(15)24-18(17)20-12-13-7-6-8-14(11-13)22-2/h6-8,11-12H,3-5,9-10H2,1-2H3. The molecule has 24 heavy (non-hydrogen) atoms. The summed E-state index contributed by atoms with van der Waals surface area (Å²) >= 11 is 1.62. The van der Waals surface area contributed by atoms with Crippen LogP contribution in [0.5, 0.6) is 5.75 Å². The molecule has 1 aliphatic rings. The molecule has 0 radical (unpaired) electrons. The highest BCUT2D eigenvalue weighted by atomic mass is 32.1. The Morgan fingerprint density at radius 1 is 1.33 bits per heavy atom. The van der Waals surface area contributed by atoms with E-state index in [9.17, 15) is 4.79 Å². The van der Waals surface area contributed by atoms with E-state index in [0.717, 1.165) is 41.1 Å². The maximum Gasteiger partial charge on any atom is 0.341 e. The minimum absolute atomic E-state index is 0.255. The van der Waals surface area contributed by atoms with Crippen LogP contribution in [0.1, 0.15) is 46.1 Å². The van der Waals surface area contributed by atoms with Crippen LogP contribution in [0.3, 0.4) is 0 Å². The summed E-state index contributed by atoms with van der Waals surface area (Å²) in [4.78, 5) is 18.3. The summed E-state index contributed by atoms with van der Waals surface area (Å²) in [6.45, 7) is 2.21. The third-order valence-corrected chi connectivity index (χ3v) is 5.26. The first kappa shape index (κ1) is 16.7. The van der Waals surface area contributed by atoms with Crippen LogP contribution in [0.15, 0.2) is 29.3 Å². The average molecular weight is 343 g/mol. The molecular weight excluding hydrogens is 322 g/mol. The Kier molecular flexibility index (Phi) is 5.30. The average Bonchev–Trinajstić information content (AvgIpc) is 2.99. The van der Waals surface area contributed by atoms with E-state index in [2.05, 4.69) is 4.99 Å². The molecule has 5 heteroatoms. The normalized spacial score (nSPS) is 13.8. The van der Waals surface area contributed by atoms with Crippen LogP contribution < -0.4 is 4.74 Å². The van der Waals surface area contributed by atoms with Gasteiger partial charge in [0.1, 0.15) is 10.8 Å². The van der Waals surface area contributed by atoms with E-state index >= 15 is 0 Å². The lowest BCUT2D eigenvalue weighted by atomic mass is 9.95. The SMILES string of the molecule is CCOC(=O)c1c(N=Cc2cccc(OC)c2)sc2c1CCCC2. The first-order chi connectivity index (χ1) is 11.7. The number of aryl methyl sites for hydroxylation is 1. The van der Waals surface area contributed by atoms with Gasteiger partial charge in [0, 0.05) is 11.1 Å². The second-order valence-corrected chi connectivity index (χ2v) is 6.73. The smallest absolute Gasteiger partial charge is 0.341 e. The zero-order chi connectivity index (χ0) is 16.9. The molecule has 0 unspecified atom stereocenters. The Hall–Kier alpha value is -2.14. The number of ether oxygens (including phenoxy) is 2. The third-order valence-electron chi connectivity index (χ3n) is 4.06. The number of carbonyl (C=O) groups excluding carboxylic acids is 1. The molecule has 1 aromatic heterocycles. The minimum atomic E-state index is -0.255. The number of methoxy groups -OCH3 is 1. The maximum atomic E-state index is 12.4. The molecule has 0 N–H and O–H groups in total. The molecule has 4 nitrogen and oxygen atoms in total. The van der Waals surface area contributed by atoms with Gasteiger partial charge in [-0.1, -0.05) is 12.1 Å². The third kappa shape index (κ3) is 3.51. The molecule has 1 heterocycles. The molecule has 0 aliphatic heterocycles. The van der Waals surface area contributed by atoms with Crippen molar-refractivity contribution in [2.24, 2.45) is 4.99 Å². The summed E-state index contributed by atoms with van der Waals surface area (Å²) in [5.74, 6) is 0.532. The van der Waals surface area contributed by atoms with Crippen LogP contribution in [-0.4, -0.2) is 25.9 Å². The zero-order valence-corrected chi connectivity index (χ0v) is 14.8. The Morgan fingerprint density at radius 2 is 2.17 bits per heavy atom. The number of hydrogen-bond donors (Lipinski definition) is 0. The van der Waals surface area contributed by atoms with Crippen molar-refractivity contribution in [2.75, 3.05) is 13.7 Å². The molecule has 0 atom stereocenters. The predicted octanol–water partition coefficient (Wildman–Crippen LogP) is 4.56. The molecule has 1 aliphatic carbocycles. The van der Waals surface area contributed by atoms with Crippen LogP contribution in [0.4, 0.5) is 5.00 Å². The first-order valence-corrected chi connectivity index (χ1v) is 9.04. The fourth-order valence-corrected chi connectivity index (χ4v) is 4.13. The van der Waals surface area contributed by atoms with E-state index in [4.69, 9.17) is 9.47 Å². The Bertz CT molecular complexity index is 764.